The molecule has 0 aromatic heterocycles. The number of hydrogen-bond donors (Lipinski definition) is 2. The average Bonchev–Trinajstić information content (AvgIpc) is 2.99. The first-order valence-electron chi connectivity index (χ1n) is 8.84. The van der Waals surface area contributed by atoms with E-state index < -0.39 is 0 Å². The summed E-state index contributed by atoms with van der Waals surface area (Å²) < 4.78 is 14.6. The third-order valence-electron chi connectivity index (χ3n) is 4.07. The highest BCUT2D eigenvalue weighted by atomic mass is 79.9. The number of carbonyl (C=O) groups is 1. The molecule has 1 aromatic carbocycles. The van der Waals surface area contributed by atoms with Crippen molar-refractivity contribution < 1.29 is 9.18 Å². The Kier molecular flexibility index (Phi) is 8.18. The smallest absolute Gasteiger partial charge is 0.222 e. The highest BCUT2D eigenvalue weighted by molar-refractivity contribution is 9.10. The number of nitrogens with one attached hydrogen (secondary N) is 2. The van der Waals surface area contributed by atoms with Crippen molar-refractivity contribution in [1.82, 2.24) is 15.5 Å². The standard InChI is InChI=1S/C18H26BrFN4O/c1-2-21-18(22-9-4-12-24-11-3-5-17(24)25)23-10-8-14-13-15(19)6-7-16(14)20/h6-7,13H,2-5,8-12H2,1H3,(H2,21,22,23). The Morgan fingerprint density at radius 2 is 2.24 bits per heavy atom. The molecular formula is C18H26BrFN4O. The summed E-state index contributed by atoms with van der Waals surface area (Å²) in [6, 6.07) is 4.97. The molecular weight excluding hydrogens is 387 g/mol. The number of aliphatic imine (C=N–C) groups is 1. The van der Waals surface area contributed by atoms with Crippen molar-refractivity contribution in [3.05, 3.63) is 34.1 Å². The summed E-state index contributed by atoms with van der Waals surface area (Å²) in [6.07, 6.45) is 3.08. The summed E-state index contributed by atoms with van der Waals surface area (Å²) in [5, 5.41) is 6.42. The van der Waals surface area contributed by atoms with Gasteiger partial charge in [0.05, 0.1) is 0 Å². The maximum Gasteiger partial charge on any atom is 0.222 e. The van der Waals surface area contributed by atoms with Crippen LogP contribution in [0, 0.1) is 5.82 Å². The first kappa shape index (κ1) is 19.7. The van der Waals surface area contributed by atoms with E-state index in [1.165, 1.54) is 6.07 Å². The number of guanidine groups is 1. The molecule has 2 rings (SSSR count). The summed E-state index contributed by atoms with van der Waals surface area (Å²) in [4.78, 5) is 18.0. The Hall–Kier alpha value is -1.63. The van der Waals surface area contributed by atoms with E-state index in [-0.39, 0.29) is 11.7 Å². The monoisotopic (exact) mass is 412 g/mol. The molecule has 0 bridgehead atoms. The van der Waals surface area contributed by atoms with Gasteiger partial charge < -0.3 is 15.5 Å². The predicted octanol–water partition coefficient (Wildman–Crippen LogP) is 2.70. The van der Waals surface area contributed by atoms with Gasteiger partial charge in [-0.2, -0.15) is 0 Å². The predicted molar refractivity (Wildman–Crippen MR) is 102 cm³/mol. The first-order chi connectivity index (χ1) is 12.1. The largest absolute Gasteiger partial charge is 0.357 e. The van der Waals surface area contributed by atoms with Crippen LogP contribution in [0.2, 0.25) is 0 Å². The van der Waals surface area contributed by atoms with Crippen molar-refractivity contribution in [3.63, 3.8) is 0 Å². The Balaban J connectivity index is 1.75. The van der Waals surface area contributed by atoms with E-state index in [0.717, 1.165) is 42.9 Å². The molecule has 25 heavy (non-hydrogen) atoms. The van der Waals surface area contributed by atoms with Crippen LogP contribution in [0.5, 0.6) is 0 Å². The van der Waals surface area contributed by atoms with Gasteiger partial charge in [0.2, 0.25) is 5.91 Å². The Bertz CT molecular complexity index is 609. The van der Waals surface area contributed by atoms with Crippen LogP contribution in [-0.4, -0.2) is 49.5 Å². The van der Waals surface area contributed by atoms with Gasteiger partial charge in [0.25, 0.3) is 0 Å². The molecule has 0 saturated carbocycles. The van der Waals surface area contributed by atoms with E-state index >= 15 is 0 Å². The van der Waals surface area contributed by atoms with Crippen LogP contribution in [0.15, 0.2) is 27.7 Å². The van der Waals surface area contributed by atoms with Crippen molar-refractivity contribution in [2.24, 2.45) is 4.99 Å². The first-order valence-corrected chi connectivity index (χ1v) is 9.63. The van der Waals surface area contributed by atoms with Gasteiger partial charge in [-0.3, -0.25) is 9.79 Å². The fourth-order valence-electron chi connectivity index (χ4n) is 2.79. The van der Waals surface area contributed by atoms with Gasteiger partial charge >= 0.3 is 0 Å². The third kappa shape index (κ3) is 6.65. The molecule has 1 aliphatic heterocycles. The van der Waals surface area contributed by atoms with Crippen LogP contribution >= 0.6 is 15.9 Å². The lowest BCUT2D eigenvalue weighted by atomic mass is 10.1. The normalized spacial score (nSPS) is 14.9. The molecule has 0 spiro atoms. The Morgan fingerprint density at radius 1 is 1.40 bits per heavy atom. The molecule has 5 nitrogen and oxygen atoms in total. The maximum absolute atomic E-state index is 13.7. The van der Waals surface area contributed by atoms with Crippen LogP contribution in [0.1, 0.15) is 31.7 Å². The molecule has 1 amide bonds. The van der Waals surface area contributed by atoms with Crippen LogP contribution in [0.25, 0.3) is 0 Å². The molecule has 1 fully saturated rings. The molecule has 1 heterocycles. The van der Waals surface area contributed by atoms with E-state index in [2.05, 4.69) is 31.6 Å². The van der Waals surface area contributed by atoms with Gasteiger partial charge in [0.1, 0.15) is 5.82 Å². The summed E-state index contributed by atoms with van der Waals surface area (Å²) in [5.74, 6) is 0.790. The third-order valence-corrected chi connectivity index (χ3v) is 4.56. The van der Waals surface area contributed by atoms with Crippen molar-refractivity contribution in [2.45, 2.75) is 32.6 Å². The van der Waals surface area contributed by atoms with Crippen molar-refractivity contribution in [2.75, 3.05) is 32.7 Å². The molecule has 0 radical (unpaired) electrons. The Labute approximate surface area is 157 Å². The molecule has 7 heteroatoms. The Morgan fingerprint density at radius 3 is 2.96 bits per heavy atom. The van der Waals surface area contributed by atoms with Gasteiger partial charge in [-0.15, -0.1) is 0 Å². The summed E-state index contributed by atoms with van der Waals surface area (Å²) >= 11 is 3.37. The average molecular weight is 413 g/mol. The van der Waals surface area contributed by atoms with Crippen molar-refractivity contribution in [1.29, 1.82) is 0 Å². The van der Waals surface area contributed by atoms with Crippen molar-refractivity contribution >= 4 is 27.8 Å². The molecule has 0 atom stereocenters. The van der Waals surface area contributed by atoms with Crippen LogP contribution in [0.4, 0.5) is 4.39 Å². The van der Waals surface area contributed by atoms with Crippen LogP contribution in [0.3, 0.4) is 0 Å². The second kappa shape index (κ2) is 10.4. The number of halogens is 2. The molecule has 2 N–H and O–H groups in total. The number of carbonyl (C=O) groups excluding carboxylic acids is 1. The topological polar surface area (TPSA) is 56.7 Å². The van der Waals surface area contributed by atoms with Crippen molar-refractivity contribution in [3.8, 4) is 0 Å². The minimum Gasteiger partial charge on any atom is -0.357 e. The lowest BCUT2D eigenvalue weighted by Crippen LogP contribution is -2.38. The molecule has 0 aliphatic carbocycles. The SMILES string of the molecule is CCNC(=NCCCN1CCCC1=O)NCCc1cc(Br)ccc1F. The number of hydrogen-bond acceptors (Lipinski definition) is 2. The van der Waals surface area contributed by atoms with E-state index in [1.54, 1.807) is 12.1 Å². The number of benzene rings is 1. The van der Waals surface area contributed by atoms with Crippen LogP contribution < -0.4 is 10.6 Å². The fraction of sp³-hybridized carbons (Fsp3) is 0.556. The van der Waals surface area contributed by atoms with E-state index in [4.69, 9.17) is 0 Å². The number of nitrogens with zero attached hydrogens (tertiary/aromatic N) is 2. The lowest BCUT2D eigenvalue weighted by Gasteiger charge is -2.15. The number of likely N-dealkylation sites (tertiary alicyclic amines) is 1. The molecule has 1 aliphatic rings. The van der Waals surface area contributed by atoms with Gasteiger partial charge in [-0.05, 0) is 49.9 Å². The van der Waals surface area contributed by atoms with Crippen LogP contribution in [-0.2, 0) is 11.2 Å². The zero-order valence-corrected chi connectivity index (χ0v) is 16.2. The zero-order chi connectivity index (χ0) is 18.1. The number of rotatable bonds is 8. The van der Waals surface area contributed by atoms with E-state index in [9.17, 15) is 9.18 Å². The molecule has 138 valence electrons. The second-order valence-electron chi connectivity index (χ2n) is 6.01. The summed E-state index contributed by atoms with van der Waals surface area (Å²) in [6.45, 7) is 5.67. The molecule has 0 unspecified atom stereocenters. The number of amides is 1. The minimum absolute atomic E-state index is 0.192. The second-order valence-corrected chi connectivity index (χ2v) is 6.93. The van der Waals surface area contributed by atoms with Gasteiger partial charge in [-0.25, -0.2) is 4.39 Å². The van der Waals surface area contributed by atoms with Gasteiger partial charge in [-0.1, -0.05) is 15.9 Å². The minimum atomic E-state index is -0.192. The molecule has 1 saturated heterocycles. The highest BCUT2D eigenvalue weighted by Crippen LogP contribution is 2.15. The van der Waals surface area contributed by atoms with Gasteiger partial charge in [0, 0.05) is 43.6 Å². The zero-order valence-electron chi connectivity index (χ0n) is 14.7. The fourth-order valence-corrected chi connectivity index (χ4v) is 3.19. The van der Waals surface area contributed by atoms with Gasteiger partial charge in [0.15, 0.2) is 5.96 Å². The van der Waals surface area contributed by atoms with E-state index in [1.807, 2.05) is 11.8 Å². The quantitative estimate of drug-likeness (QED) is 0.392. The summed E-state index contributed by atoms with van der Waals surface area (Å²) in [7, 11) is 0. The lowest BCUT2D eigenvalue weighted by molar-refractivity contribution is -0.127. The maximum atomic E-state index is 13.7. The van der Waals surface area contributed by atoms with E-state index in [0.29, 0.717) is 31.5 Å². The molecule has 1 aromatic rings. The highest BCUT2D eigenvalue weighted by Gasteiger charge is 2.18. The summed E-state index contributed by atoms with van der Waals surface area (Å²) in [5.41, 5.74) is 0.672.